The molecule has 0 fully saturated rings. The van der Waals surface area contributed by atoms with Crippen LogP contribution in [-0.4, -0.2) is 46.5 Å². The zero-order valence-corrected chi connectivity index (χ0v) is 11.0. The molecule has 3 N–H and O–H groups in total. The normalized spacial score (nSPS) is 12.5. The second kappa shape index (κ2) is 5.58. The zero-order valence-electron chi connectivity index (χ0n) is 11.0. The molecule has 1 rings (SSSR count). The van der Waals surface area contributed by atoms with Gasteiger partial charge in [0.05, 0.1) is 4.92 Å². The summed E-state index contributed by atoms with van der Waals surface area (Å²) in [6.45, 7) is 4.07. The number of anilines is 2. The second-order valence-corrected chi connectivity index (χ2v) is 4.32. The summed E-state index contributed by atoms with van der Waals surface area (Å²) in [5.74, 6) is 0.191. The van der Waals surface area contributed by atoms with Crippen LogP contribution in [0.2, 0.25) is 0 Å². The van der Waals surface area contributed by atoms with Gasteiger partial charge in [0.15, 0.2) is 0 Å². The monoisotopic (exact) mass is 254 g/mol. The Kier molecular flexibility index (Phi) is 4.38. The van der Waals surface area contributed by atoms with Crippen LogP contribution < -0.4 is 11.1 Å². The van der Waals surface area contributed by atoms with Crippen molar-refractivity contribution in [3.05, 3.63) is 15.8 Å². The van der Waals surface area contributed by atoms with Crippen LogP contribution in [0.5, 0.6) is 0 Å². The summed E-state index contributed by atoms with van der Waals surface area (Å²) in [6, 6.07) is 0.209. The molecule has 0 amide bonds. The summed E-state index contributed by atoms with van der Waals surface area (Å²) in [4.78, 5) is 20.1. The molecule has 0 aliphatic carbocycles. The first kappa shape index (κ1) is 14.1. The Morgan fingerprint density at radius 1 is 1.50 bits per heavy atom. The fourth-order valence-electron chi connectivity index (χ4n) is 1.36. The third-order valence-electron chi connectivity index (χ3n) is 2.70. The van der Waals surface area contributed by atoms with Gasteiger partial charge in [-0.2, -0.15) is 4.98 Å². The largest absolute Gasteiger partial charge is 0.368 e. The van der Waals surface area contributed by atoms with E-state index in [2.05, 4.69) is 15.3 Å². The summed E-state index contributed by atoms with van der Waals surface area (Å²) in [7, 11) is 3.86. The highest BCUT2D eigenvalue weighted by atomic mass is 16.6. The molecule has 18 heavy (non-hydrogen) atoms. The van der Waals surface area contributed by atoms with Crippen molar-refractivity contribution in [1.29, 1.82) is 0 Å². The van der Waals surface area contributed by atoms with Gasteiger partial charge in [0.2, 0.25) is 11.8 Å². The Balaban J connectivity index is 2.97. The van der Waals surface area contributed by atoms with Gasteiger partial charge >= 0.3 is 5.69 Å². The number of nitrogen functional groups attached to an aromatic ring is 1. The fourth-order valence-corrected chi connectivity index (χ4v) is 1.36. The molecule has 1 heterocycles. The van der Waals surface area contributed by atoms with E-state index in [1.165, 1.54) is 6.92 Å². The van der Waals surface area contributed by atoms with Crippen molar-refractivity contribution in [3.8, 4) is 0 Å². The average molecular weight is 254 g/mol. The lowest BCUT2D eigenvalue weighted by atomic mass is 10.3. The predicted octanol–water partition coefficient (Wildman–Crippen LogP) is 0.637. The van der Waals surface area contributed by atoms with E-state index in [-0.39, 0.29) is 29.2 Å². The van der Waals surface area contributed by atoms with Crippen molar-refractivity contribution >= 4 is 17.5 Å². The third-order valence-corrected chi connectivity index (χ3v) is 2.70. The minimum absolute atomic E-state index is 0.0260. The van der Waals surface area contributed by atoms with Crippen LogP contribution in [-0.2, 0) is 0 Å². The number of nitrogens with zero attached hydrogens (tertiary/aromatic N) is 4. The van der Waals surface area contributed by atoms with Crippen molar-refractivity contribution in [1.82, 2.24) is 14.9 Å². The molecule has 8 heteroatoms. The Bertz CT molecular complexity index is 448. The molecule has 8 nitrogen and oxygen atoms in total. The molecule has 0 aliphatic rings. The minimum Gasteiger partial charge on any atom is -0.368 e. The first-order valence-electron chi connectivity index (χ1n) is 5.51. The highest BCUT2D eigenvalue weighted by Crippen LogP contribution is 2.25. The molecule has 0 radical (unpaired) electrons. The number of aromatic nitrogens is 2. The van der Waals surface area contributed by atoms with Gasteiger partial charge in [0, 0.05) is 12.6 Å². The lowest BCUT2D eigenvalue weighted by Gasteiger charge is -2.20. The van der Waals surface area contributed by atoms with Crippen molar-refractivity contribution in [2.24, 2.45) is 0 Å². The van der Waals surface area contributed by atoms with E-state index in [0.717, 1.165) is 0 Å². The van der Waals surface area contributed by atoms with Crippen molar-refractivity contribution < 1.29 is 4.92 Å². The molecule has 1 aromatic heterocycles. The minimum atomic E-state index is -0.503. The van der Waals surface area contributed by atoms with Crippen molar-refractivity contribution in [2.75, 3.05) is 31.7 Å². The summed E-state index contributed by atoms with van der Waals surface area (Å²) in [5.41, 5.74) is 5.63. The van der Waals surface area contributed by atoms with Crippen LogP contribution >= 0.6 is 0 Å². The van der Waals surface area contributed by atoms with Gasteiger partial charge in [-0.3, -0.25) is 10.1 Å². The number of rotatable bonds is 5. The quantitative estimate of drug-likeness (QED) is 0.585. The molecule has 0 aromatic carbocycles. The second-order valence-electron chi connectivity index (χ2n) is 4.32. The van der Waals surface area contributed by atoms with Gasteiger partial charge in [-0.25, -0.2) is 4.98 Å². The number of hydrogen-bond acceptors (Lipinski definition) is 7. The van der Waals surface area contributed by atoms with Crippen LogP contribution in [0.25, 0.3) is 0 Å². The van der Waals surface area contributed by atoms with E-state index >= 15 is 0 Å². The Morgan fingerprint density at radius 2 is 2.11 bits per heavy atom. The SMILES string of the molecule is Cc1nc(N)nc(NCC(C)N(C)C)c1[N+](=O)[O-]. The molecule has 0 saturated heterocycles. The first-order chi connectivity index (χ1) is 8.32. The average Bonchev–Trinajstić information content (AvgIpc) is 2.23. The van der Waals surface area contributed by atoms with Gasteiger partial charge in [-0.05, 0) is 27.9 Å². The Morgan fingerprint density at radius 3 is 2.61 bits per heavy atom. The van der Waals surface area contributed by atoms with Gasteiger partial charge in [-0.15, -0.1) is 0 Å². The van der Waals surface area contributed by atoms with Gasteiger partial charge in [0.25, 0.3) is 0 Å². The number of likely N-dealkylation sites (N-methyl/N-ethyl adjacent to an activating group) is 1. The highest BCUT2D eigenvalue weighted by Gasteiger charge is 2.21. The fraction of sp³-hybridized carbons (Fsp3) is 0.600. The molecule has 1 atom stereocenters. The molecular weight excluding hydrogens is 236 g/mol. The third kappa shape index (κ3) is 3.27. The van der Waals surface area contributed by atoms with E-state index < -0.39 is 4.92 Å². The van der Waals surface area contributed by atoms with E-state index in [1.54, 1.807) is 0 Å². The lowest BCUT2D eigenvalue weighted by molar-refractivity contribution is -0.385. The molecule has 0 saturated carbocycles. The van der Waals surface area contributed by atoms with Gasteiger partial charge < -0.3 is 16.0 Å². The number of nitro groups is 1. The molecule has 1 aromatic rings. The van der Waals surface area contributed by atoms with Crippen LogP contribution in [0.4, 0.5) is 17.5 Å². The summed E-state index contributed by atoms with van der Waals surface area (Å²) >= 11 is 0. The molecule has 1 unspecified atom stereocenters. The Hall–Kier alpha value is -1.96. The van der Waals surface area contributed by atoms with Crippen LogP contribution in [0.15, 0.2) is 0 Å². The molecule has 100 valence electrons. The maximum absolute atomic E-state index is 11.0. The van der Waals surface area contributed by atoms with E-state index in [0.29, 0.717) is 6.54 Å². The standard InChI is InChI=1S/C10H18N6O2/c1-6(15(3)4)5-12-9-8(16(17)18)7(2)13-10(11)14-9/h6H,5H2,1-4H3,(H3,11,12,13,14). The maximum Gasteiger partial charge on any atom is 0.332 e. The number of aryl methyl sites for hydroxylation is 1. The molecule has 0 aliphatic heterocycles. The lowest BCUT2D eigenvalue weighted by Crippen LogP contribution is -2.32. The maximum atomic E-state index is 11.0. The number of nitrogens with two attached hydrogens (primary N) is 1. The van der Waals surface area contributed by atoms with Gasteiger partial charge in [0.1, 0.15) is 5.69 Å². The molecule has 0 spiro atoms. The Labute approximate surface area is 105 Å². The highest BCUT2D eigenvalue weighted by molar-refractivity contribution is 5.60. The van der Waals surface area contributed by atoms with Crippen molar-refractivity contribution in [2.45, 2.75) is 19.9 Å². The topological polar surface area (TPSA) is 110 Å². The number of nitrogens with one attached hydrogen (secondary N) is 1. The zero-order chi connectivity index (χ0) is 13.9. The van der Waals surface area contributed by atoms with Crippen LogP contribution in [0.3, 0.4) is 0 Å². The van der Waals surface area contributed by atoms with E-state index in [1.807, 2.05) is 25.9 Å². The van der Waals surface area contributed by atoms with E-state index in [9.17, 15) is 10.1 Å². The van der Waals surface area contributed by atoms with Gasteiger partial charge in [-0.1, -0.05) is 0 Å². The molecule has 0 bridgehead atoms. The molecular formula is C10H18N6O2. The summed E-state index contributed by atoms with van der Waals surface area (Å²) in [5, 5.41) is 13.9. The summed E-state index contributed by atoms with van der Waals surface area (Å²) in [6.07, 6.45) is 0. The number of hydrogen-bond donors (Lipinski definition) is 2. The smallest absolute Gasteiger partial charge is 0.332 e. The van der Waals surface area contributed by atoms with E-state index in [4.69, 9.17) is 5.73 Å². The van der Waals surface area contributed by atoms with Crippen LogP contribution in [0, 0.1) is 17.0 Å². The predicted molar refractivity (Wildman–Crippen MR) is 69.5 cm³/mol. The summed E-state index contributed by atoms with van der Waals surface area (Å²) < 4.78 is 0. The van der Waals surface area contributed by atoms with Crippen molar-refractivity contribution in [3.63, 3.8) is 0 Å². The van der Waals surface area contributed by atoms with Crippen LogP contribution in [0.1, 0.15) is 12.6 Å². The first-order valence-corrected chi connectivity index (χ1v) is 5.51.